The van der Waals surface area contributed by atoms with Gasteiger partial charge in [0.1, 0.15) is 12.4 Å². The van der Waals surface area contributed by atoms with Gasteiger partial charge < -0.3 is 9.84 Å². The zero-order valence-corrected chi connectivity index (χ0v) is 17.9. The van der Waals surface area contributed by atoms with Gasteiger partial charge in [0.2, 0.25) is 0 Å². The number of aromatic carboxylic acids is 1. The third kappa shape index (κ3) is 4.96. The largest absolute Gasteiger partial charge is 0.488 e. The Bertz CT molecular complexity index is 1030. The fourth-order valence-electron chi connectivity index (χ4n) is 2.46. The number of amidine groups is 1. The van der Waals surface area contributed by atoms with Crippen LogP contribution in [-0.4, -0.2) is 40.7 Å². The van der Waals surface area contributed by atoms with E-state index in [4.69, 9.17) is 9.84 Å². The summed E-state index contributed by atoms with van der Waals surface area (Å²) in [4.78, 5) is 30.0. The van der Waals surface area contributed by atoms with Crippen LogP contribution in [0.1, 0.15) is 15.9 Å². The molecule has 0 unspecified atom stereocenters. The van der Waals surface area contributed by atoms with Crippen molar-refractivity contribution < 1.29 is 19.4 Å². The summed E-state index contributed by atoms with van der Waals surface area (Å²) in [5.41, 5.74) is 1.60. The number of benzene rings is 2. The third-order valence-corrected chi connectivity index (χ3v) is 5.63. The van der Waals surface area contributed by atoms with Crippen LogP contribution < -0.4 is 4.74 Å². The maximum Gasteiger partial charge on any atom is 0.335 e. The first-order chi connectivity index (χ1) is 13.9. The van der Waals surface area contributed by atoms with Gasteiger partial charge in [0, 0.05) is 7.05 Å². The van der Waals surface area contributed by atoms with Crippen molar-refractivity contribution in [3.05, 3.63) is 75.6 Å². The molecule has 1 amide bonds. The van der Waals surface area contributed by atoms with Crippen molar-refractivity contribution in [2.24, 2.45) is 4.99 Å². The van der Waals surface area contributed by atoms with E-state index < -0.39 is 5.97 Å². The van der Waals surface area contributed by atoms with Crippen molar-refractivity contribution in [1.82, 2.24) is 4.90 Å². The molecule has 1 aliphatic heterocycles. The minimum absolute atomic E-state index is 0.154. The smallest absolute Gasteiger partial charge is 0.335 e. The second-order valence-corrected chi connectivity index (χ2v) is 7.87. The fraction of sp³-hybridized carbons (Fsp3) is 0.0952. The highest BCUT2D eigenvalue weighted by molar-refractivity contribution is 9.10. The van der Waals surface area contributed by atoms with Gasteiger partial charge in [0.15, 0.2) is 5.17 Å². The summed E-state index contributed by atoms with van der Waals surface area (Å²) >= 11 is 4.73. The van der Waals surface area contributed by atoms with Gasteiger partial charge in [-0.05, 0) is 75.7 Å². The number of carbonyl (C=O) groups excluding carboxylic acids is 1. The van der Waals surface area contributed by atoms with Gasteiger partial charge in [0.25, 0.3) is 5.91 Å². The first-order valence-corrected chi connectivity index (χ1v) is 10.1. The van der Waals surface area contributed by atoms with E-state index in [1.807, 2.05) is 18.2 Å². The summed E-state index contributed by atoms with van der Waals surface area (Å²) in [6.45, 7) is 4.03. The van der Waals surface area contributed by atoms with Gasteiger partial charge in [-0.3, -0.25) is 9.69 Å². The molecule has 29 heavy (non-hydrogen) atoms. The number of halogens is 1. The summed E-state index contributed by atoms with van der Waals surface area (Å²) in [7, 11) is 1.66. The zero-order valence-electron chi connectivity index (χ0n) is 15.5. The molecule has 6 nitrogen and oxygen atoms in total. The number of carboxylic acids is 1. The molecular weight excluding hydrogens is 456 g/mol. The van der Waals surface area contributed by atoms with E-state index in [1.54, 1.807) is 31.3 Å². The normalized spacial score (nSPS) is 16.5. The molecule has 0 saturated carbocycles. The van der Waals surface area contributed by atoms with Gasteiger partial charge in [-0.1, -0.05) is 18.7 Å². The molecular formula is C21H17BrN2O4S. The summed E-state index contributed by atoms with van der Waals surface area (Å²) < 4.78 is 6.32. The molecule has 0 aliphatic carbocycles. The predicted molar refractivity (Wildman–Crippen MR) is 119 cm³/mol. The first kappa shape index (κ1) is 20.9. The van der Waals surface area contributed by atoms with Crippen LogP contribution in [0.4, 0.5) is 5.69 Å². The third-order valence-electron chi connectivity index (χ3n) is 3.95. The van der Waals surface area contributed by atoms with Gasteiger partial charge in [-0.25, -0.2) is 9.79 Å². The molecule has 1 N–H and O–H groups in total. The van der Waals surface area contributed by atoms with E-state index in [0.717, 1.165) is 10.0 Å². The molecule has 1 saturated heterocycles. The highest BCUT2D eigenvalue weighted by Crippen LogP contribution is 2.34. The monoisotopic (exact) mass is 472 g/mol. The lowest BCUT2D eigenvalue weighted by Gasteiger charge is -2.07. The Balaban J connectivity index is 1.81. The minimum atomic E-state index is -0.996. The molecule has 0 atom stereocenters. The Morgan fingerprint density at radius 2 is 2.03 bits per heavy atom. The topological polar surface area (TPSA) is 79.2 Å². The Labute approximate surface area is 180 Å². The maximum absolute atomic E-state index is 12.6. The van der Waals surface area contributed by atoms with E-state index in [9.17, 15) is 9.59 Å². The van der Waals surface area contributed by atoms with Crippen LogP contribution >= 0.6 is 27.7 Å². The number of carbonyl (C=O) groups is 2. The average molecular weight is 473 g/mol. The lowest BCUT2D eigenvalue weighted by molar-refractivity contribution is -0.121. The second-order valence-electron chi connectivity index (χ2n) is 6.01. The van der Waals surface area contributed by atoms with E-state index in [0.29, 0.717) is 28.1 Å². The fourth-order valence-corrected chi connectivity index (χ4v) is 3.96. The number of nitrogens with zero attached hydrogens (tertiary/aromatic N) is 2. The van der Waals surface area contributed by atoms with Crippen LogP contribution in [0.15, 0.2) is 69.5 Å². The van der Waals surface area contributed by atoms with Crippen LogP contribution in [-0.2, 0) is 4.79 Å². The molecule has 1 aliphatic rings. The number of likely N-dealkylation sites (N-methyl/N-ethyl adjacent to an activating group) is 1. The highest BCUT2D eigenvalue weighted by Gasteiger charge is 2.30. The maximum atomic E-state index is 12.6. The number of hydrogen-bond acceptors (Lipinski definition) is 5. The second kappa shape index (κ2) is 9.11. The summed E-state index contributed by atoms with van der Waals surface area (Å²) in [6.07, 6.45) is 3.46. The van der Waals surface area contributed by atoms with Crippen molar-refractivity contribution in [3.63, 3.8) is 0 Å². The van der Waals surface area contributed by atoms with Crippen LogP contribution in [0.3, 0.4) is 0 Å². The standard InChI is InChI=1S/C21H17BrN2O4S/c1-3-10-28-17-9-4-13(11-16(17)22)12-18-19(25)24(2)21(29-18)23-15-7-5-14(6-8-15)20(26)27/h3-9,11-12H,1,10H2,2H3,(H,26,27)/b18-12-,23-21?. The first-order valence-electron chi connectivity index (χ1n) is 8.52. The minimum Gasteiger partial charge on any atom is -0.488 e. The van der Waals surface area contributed by atoms with Crippen LogP contribution in [0.2, 0.25) is 0 Å². The van der Waals surface area contributed by atoms with Gasteiger partial charge >= 0.3 is 5.97 Å². The molecule has 0 spiro atoms. The highest BCUT2D eigenvalue weighted by atomic mass is 79.9. The van der Waals surface area contributed by atoms with E-state index in [2.05, 4.69) is 27.5 Å². The average Bonchev–Trinajstić information content (AvgIpc) is 2.95. The number of thioether (sulfide) groups is 1. The van der Waals surface area contributed by atoms with Crippen molar-refractivity contribution in [1.29, 1.82) is 0 Å². The molecule has 0 radical (unpaired) electrons. The number of amides is 1. The van der Waals surface area contributed by atoms with Crippen LogP contribution in [0.5, 0.6) is 5.75 Å². The van der Waals surface area contributed by atoms with Crippen LogP contribution in [0, 0.1) is 0 Å². The molecule has 3 rings (SSSR count). The molecule has 148 valence electrons. The van der Waals surface area contributed by atoms with E-state index in [1.165, 1.54) is 28.8 Å². The van der Waals surface area contributed by atoms with E-state index in [-0.39, 0.29) is 11.5 Å². The Morgan fingerprint density at radius 1 is 1.31 bits per heavy atom. The molecule has 1 fully saturated rings. The van der Waals surface area contributed by atoms with Crippen LogP contribution in [0.25, 0.3) is 6.08 Å². The SMILES string of the molecule is C=CCOc1ccc(/C=C2\SC(=Nc3ccc(C(=O)O)cc3)N(C)C2=O)cc1Br. The lowest BCUT2D eigenvalue weighted by Crippen LogP contribution is -2.23. The summed E-state index contributed by atoms with van der Waals surface area (Å²) in [5, 5.41) is 9.50. The molecule has 1 heterocycles. The number of hydrogen-bond donors (Lipinski definition) is 1. The van der Waals surface area contributed by atoms with Gasteiger partial charge in [-0.15, -0.1) is 0 Å². The Kier molecular flexibility index (Phi) is 6.56. The van der Waals surface area contributed by atoms with Gasteiger partial charge in [0.05, 0.1) is 20.6 Å². The molecule has 2 aromatic rings. The summed E-state index contributed by atoms with van der Waals surface area (Å²) in [5.74, 6) is -0.454. The van der Waals surface area contributed by atoms with Crippen molar-refractivity contribution in [2.75, 3.05) is 13.7 Å². The number of carboxylic acid groups (broad SMARTS) is 1. The van der Waals surface area contributed by atoms with Crippen molar-refractivity contribution in [2.45, 2.75) is 0 Å². The molecule has 2 aromatic carbocycles. The number of rotatable bonds is 6. The molecule has 0 aromatic heterocycles. The van der Waals surface area contributed by atoms with E-state index >= 15 is 0 Å². The number of aliphatic imine (C=N–C) groups is 1. The van der Waals surface area contributed by atoms with Crippen molar-refractivity contribution >= 4 is 56.5 Å². The molecule has 8 heteroatoms. The Morgan fingerprint density at radius 3 is 2.66 bits per heavy atom. The summed E-state index contributed by atoms with van der Waals surface area (Å²) in [6, 6.07) is 11.7. The Hall–Kier alpha value is -2.84. The quantitative estimate of drug-likeness (QED) is 0.475. The van der Waals surface area contributed by atoms with Gasteiger partial charge in [-0.2, -0.15) is 0 Å². The van der Waals surface area contributed by atoms with Crippen molar-refractivity contribution in [3.8, 4) is 5.75 Å². The predicted octanol–water partition coefficient (Wildman–Crippen LogP) is 4.95. The zero-order chi connectivity index (χ0) is 21.0. The molecule has 0 bridgehead atoms. The number of ether oxygens (including phenoxy) is 1. The lowest BCUT2D eigenvalue weighted by atomic mass is 10.2.